The third-order valence-electron chi connectivity index (χ3n) is 6.20. The van der Waals surface area contributed by atoms with Crippen molar-refractivity contribution in [2.75, 3.05) is 6.61 Å². The molecule has 166 valence electrons. The Hall–Kier alpha value is -3.38. The average molecular weight is 434 g/mol. The normalized spacial score (nSPS) is 20.4. The second-order valence-electron chi connectivity index (χ2n) is 8.26. The highest BCUT2D eigenvalue weighted by molar-refractivity contribution is 5.93. The Morgan fingerprint density at radius 3 is 2.53 bits per heavy atom. The summed E-state index contributed by atoms with van der Waals surface area (Å²) in [6, 6.07) is 22.0. The van der Waals surface area contributed by atoms with Crippen LogP contribution in [-0.2, 0) is 20.7 Å². The maximum atomic E-state index is 12.5. The number of carbonyl (C=O) groups is 2. The topological polar surface area (TPSA) is 84.9 Å². The number of benzene rings is 3. The lowest BCUT2D eigenvalue weighted by Gasteiger charge is -2.18. The number of hydroxylamine groups is 1. The molecule has 1 amide bonds. The van der Waals surface area contributed by atoms with Gasteiger partial charge in [-0.1, -0.05) is 54.6 Å². The van der Waals surface area contributed by atoms with Gasteiger partial charge in [-0.2, -0.15) is 0 Å². The Morgan fingerprint density at radius 1 is 1.09 bits per heavy atom. The molecule has 0 bridgehead atoms. The summed E-state index contributed by atoms with van der Waals surface area (Å²) in [7, 11) is 0. The molecule has 3 aromatic carbocycles. The van der Waals surface area contributed by atoms with Crippen LogP contribution in [0.25, 0.3) is 10.8 Å². The van der Waals surface area contributed by atoms with Gasteiger partial charge < -0.3 is 9.47 Å². The third-order valence-corrected chi connectivity index (χ3v) is 6.20. The van der Waals surface area contributed by atoms with E-state index >= 15 is 0 Å². The smallest absolute Gasteiger partial charge is 0.313 e. The zero-order valence-electron chi connectivity index (χ0n) is 18.2. The van der Waals surface area contributed by atoms with Gasteiger partial charge in [0.25, 0.3) is 0 Å². The van der Waals surface area contributed by atoms with E-state index in [1.807, 2.05) is 49.4 Å². The lowest BCUT2D eigenvalue weighted by atomic mass is 9.93. The summed E-state index contributed by atoms with van der Waals surface area (Å²) in [6.45, 7) is 4.00. The predicted molar refractivity (Wildman–Crippen MR) is 120 cm³/mol. The Labute approximate surface area is 187 Å². The van der Waals surface area contributed by atoms with Crippen LogP contribution in [0.5, 0.6) is 5.75 Å². The average Bonchev–Trinajstić information content (AvgIpc) is 3.55. The van der Waals surface area contributed by atoms with Gasteiger partial charge in [-0.25, -0.2) is 5.48 Å². The summed E-state index contributed by atoms with van der Waals surface area (Å²) >= 11 is 0. The molecule has 32 heavy (non-hydrogen) atoms. The van der Waals surface area contributed by atoms with E-state index in [0.717, 1.165) is 22.3 Å². The van der Waals surface area contributed by atoms with Crippen molar-refractivity contribution in [3.63, 3.8) is 0 Å². The third kappa shape index (κ3) is 4.18. The van der Waals surface area contributed by atoms with Crippen LogP contribution in [0.2, 0.25) is 0 Å². The SMILES string of the molecule is CCOC(=O)C1(Cc2ccc(OC(C)c3cccc4ccccc34)cc2)CC1C(=O)NO. The van der Waals surface area contributed by atoms with E-state index in [-0.39, 0.29) is 12.7 Å². The largest absolute Gasteiger partial charge is 0.486 e. The standard InChI is InChI=1S/C26H27NO5/c1-3-31-25(29)26(16-23(26)24(28)27-30)15-18-11-13-20(14-12-18)32-17(2)21-10-6-8-19-7-4-5-9-22(19)21/h4-14,17,23,30H,3,15-16H2,1-2H3,(H,27,28). The van der Waals surface area contributed by atoms with Crippen molar-refractivity contribution in [3.8, 4) is 5.75 Å². The summed E-state index contributed by atoms with van der Waals surface area (Å²) in [6.07, 6.45) is 0.580. The first-order chi connectivity index (χ1) is 15.5. The lowest BCUT2D eigenvalue weighted by molar-refractivity contribution is -0.152. The summed E-state index contributed by atoms with van der Waals surface area (Å²) in [5, 5.41) is 11.3. The molecule has 3 aromatic rings. The Bertz CT molecular complexity index is 1120. The maximum absolute atomic E-state index is 12.5. The van der Waals surface area contributed by atoms with Crippen LogP contribution in [-0.4, -0.2) is 23.7 Å². The van der Waals surface area contributed by atoms with E-state index < -0.39 is 23.2 Å². The van der Waals surface area contributed by atoms with E-state index in [1.165, 1.54) is 5.39 Å². The highest BCUT2D eigenvalue weighted by atomic mass is 16.5. The van der Waals surface area contributed by atoms with Gasteiger partial charge in [0.05, 0.1) is 17.9 Å². The van der Waals surface area contributed by atoms with Crippen molar-refractivity contribution in [2.24, 2.45) is 11.3 Å². The number of nitrogens with one attached hydrogen (secondary N) is 1. The molecule has 1 fully saturated rings. The monoisotopic (exact) mass is 433 g/mol. The number of carbonyl (C=O) groups excluding carboxylic acids is 2. The van der Waals surface area contributed by atoms with Crippen LogP contribution < -0.4 is 10.2 Å². The predicted octanol–water partition coefficient (Wildman–Crippen LogP) is 4.60. The number of ether oxygens (including phenoxy) is 2. The van der Waals surface area contributed by atoms with E-state index in [9.17, 15) is 9.59 Å². The Kier molecular flexibility index (Phi) is 6.15. The molecule has 0 radical (unpaired) electrons. The number of hydrogen-bond acceptors (Lipinski definition) is 5. The molecule has 0 aliphatic heterocycles. The molecule has 1 aliphatic carbocycles. The van der Waals surface area contributed by atoms with E-state index in [0.29, 0.717) is 12.8 Å². The van der Waals surface area contributed by atoms with Gasteiger partial charge in [0.2, 0.25) is 5.91 Å². The molecular formula is C26H27NO5. The van der Waals surface area contributed by atoms with Crippen molar-refractivity contribution >= 4 is 22.6 Å². The van der Waals surface area contributed by atoms with E-state index in [2.05, 4.69) is 24.3 Å². The molecule has 4 rings (SSSR count). The number of rotatable bonds is 8. The highest BCUT2D eigenvalue weighted by Gasteiger charge is 2.64. The van der Waals surface area contributed by atoms with Gasteiger partial charge in [-0.3, -0.25) is 14.8 Å². The summed E-state index contributed by atoms with van der Waals surface area (Å²) in [5.74, 6) is -0.825. The first kappa shape index (κ1) is 21.8. The zero-order valence-corrected chi connectivity index (χ0v) is 18.2. The molecule has 0 aromatic heterocycles. The summed E-state index contributed by atoms with van der Waals surface area (Å²) in [4.78, 5) is 24.4. The van der Waals surface area contributed by atoms with Crippen molar-refractivity contribution in [1.82, 2.24) is 5.48 Å². The highest BCUT2D eigenvalue weighted by Crippen LogP contribution is 2.56. The Balaban J connectivity index is 1.48. The molecule has 3 unspecified atom stereocenters. The van der Waals surface area contributed by atoms with Crippen molar-refractivity contribution in [2.45, 2.75) is 32.8 Å². The van der Waals surface area contributed by atoms with Crippen LogP contribution in [0.1, 0.15) is 37.5 Å². The van der Waals surface area contributed by atoms with Crippen LogP contribution in [0, 0.1) is 11.3 Å². The quantitative estimate of drug-likeness (QED) is 0.308. The molecular weight excluding hydrogens is 406 g/mol. The lowest BCUT2D eigenvalue weighted by Crippen LogP contribution is -2.30. The van der Waals surface area contributed by atoms with Crippen molar-refractivity contribution < 1.29 is 24.3 Å². The molecule has 0 spiro atoms. The minimum Gasteiger partial charge on any atom is -0.486 e. The van der Waals surface area contributed by atoms with Gasteiger partial charge in [-0.15, -0.1) is 0 Å². The maximum Gasteiger partial charge on any atom is 0.313 e. The van der Waals surface area contributed by atoms with Gasteiger partial charge >= 0.3 is 5.97 Å². The van der Waals surface area contributed by atoms with Crippen molar-refractivity contribution in [1.29, 1.82) is 0 Å². The van der Waals surface area contributed by atoms with Gasteiger partial charge in [0.15, 0.2) is 0 Å². The van der Waals surface area contributed by atoms with Crippen LogP contribution in [0.4, 0.5) is 0 Å². The van der Waals surface area contributed by atoms with Crippen LogP contribution in [0.15, 0.2) is 66.7 Å². The van der Waals surface area contributed by atoms with Gasteiger partial charge in [0, 0.05) is 0 Å². The molecule has 1 aliphatic rings. The number of esters is 1. The molecule has 1 saturated carbocycles. The minimum atomic E-state index is -0.929. The molecule has 3 atom stereocenters. The van der Waals surface area contributed by atoms with Gasteiger partial charge in [-0.05, 0) is 60.7 Å². The zero-order chi connectivity index (χ0) is 22.7. The summed E-state index contributed by atoms with van der Waals surface area (Å²) in [5.41, 5.74) is 2.74. The number of amides is 1. The fourth-order valence-corrected chi connectivity index (χ4v) is 4.42. The first-order valence-corrected chi connectivity index (χ1v) is 10.8. The molecule has 2 N–H and O–H groups in total. The first-order valence-electron chi connectivity index (χ1n) is 10.8. The molecule has 0 heterocycles. The van der Waals surface area contributed by atoms with Crippen LogP contribution >= 0.6 is 0 Å². The van der Waals surface area contributed by atoms with Crippen molar-refractivity contribution in [3.05, 3.63) is 77.9 Å². The second kappa shape index (κ2) is 9.01. The summed E-state index contributed by atoms with van der Waals surface area (Å²) < 4.78 is 11.4. The number of hydrogen-bond donors (Lipinski definition) is 2. The van der Waals surface area contributed by atoms with E-state index in [1.54, 1.807) is 12.4 Å². The Morgan fingerprint density at radius 2 is 1.81 bits per heavy atom. The molecule has 0 saturated heterocycles. The fourth-order valence-electron chi connectivity index (χ4n) is 4.42. The van der Waals surface area contributed by atoms with E-state index in [4.69, 9.17) is 14.7 Å². The van der Waals surface area contributed by atoms with Gasteiger partial charge in [0.1, 0.15) is 11.9 Å². The fraction of sp³-hybridized carbons (Fsp3) is 0.308. The number of fused-ring (bicyclic) bond motifs is 1. The minimum absolute atomic E-state index is 0.140. The molecule has 6 heteroatoms. The molecule has 6 nitrogen and oxygen atoms in total. The second-order valence-corrected chi connectivity index (χ2v) is 8.26. The van der Waals surface area contributed by atoms with Crippen LogP contribution in [0.3, 0.4) is 0 Å².